The number of rotatable bonds is 8. The summed E-state index contributed by atoms with van der Waals surface area (Å²) in [5.74, 6) is -0.746. The smallest absolute Gasteiger partial charge is 0.248 e. The van der Waals surface area contributed by atoms with Crippen LogP contribution in [0.2, 0.25) is 0 Å². The number of nitrogens with zero attached hydrogens (tertiary/aromatic N) is 1. The molecule has 29 heavy (non-hydrogen) atoms. The van der Waals surface area contributed by atoms with E-state index in [-0.39, 0.29) is 17.7 Å². The molecule has 1 aliphatic heterocycles. The maximum atomic E-state index is 13.0. The normalized spacial score (nSPS) is 26.4. The molecule has 0 bridgehead atoms. The Morgan fingerprint density at radius 2 is 1.69 bits per heavy atom. The lowest BCUT2D eigenvalue weighted by molar-refractivity contribution is -0.141. The van der Waals surface area contributed by atoms with Gasteiger partial charge in [0, 0.05) is 6.54 Å². The molecule has 8 nitrogen and oxygen atoms in total. The Balaban J connectivity index is 1.62. The molecule has 2 saturated carbocycles. The van der Waals surface area contributed by atoms with Gasteiger partial charge in [-0.05, 0) is 43.9 Å². The lowest BCUT2D eigenvalue weighted by Gasteiger charge is -2.34. The third-order valence-corrected chi connectivity index (χ3v) is 7.09. The standard InChI is InChI=1S/C21H36N4O4/c22-17(14-8-2-1-3-9-14)21(29)25-11-5-10-16(25)20(28)24-15(18(26)19(23)27)12-13-6-4-7-13/h13-18,26H,1-12,22H2,(H2,23,27)(H,24,28)/t15?,16?,17-,18?/m0/s1. The number of nitrogens with one attached hydrogen (secondary N) is 1. The van der Waals surface area contributed by atoms with Crippen LogP contribution in [-0.4, -0.2) is 58.5 Å². The summed E-state index contributed by atoms with van der Waals surface area (Å²) in [5.41, 5.74) is 11.6. The lowest BCUT2D eigenvalue weighted by atomic mass is 9.79. The van der Waals surface area contributed by atoms with E-state index in [0.29, 0.717) is 25.3 Å². The molecule has 0 aromatic rings. The number of nitrogens with two attached hydrogens (primary N) is 2. The van der Waals surface area contributed by atoms with Crippen molar-refractivity contribution in [3.8, 4) is 0 Å². The number of carbonyl (C=O) groups is 3. The topological polar surface area (TPSA) is 139 Å². The summed E-state index contributed by atoms with van der Waals surface area (Å²) in [6.07, 6.45) is 8.92. The fourth-order valence-electron chi connectivity index (χ4n) is 5.02. The molecule has 0 aromatic heterocycles. The van der Waals surface area contributed by atoms with E-state index in [1.54, 1.807) is 4.90 Å². The second-order valence-electron chi connectivity index (χ2n) is 9.11. The third-order valence-electron chi connectivity index (χ3n) is 7.09. The van der Waals surface area contributed by atoms with Crippen molar-refractivity contribution in [3.05, 3.63) is 0 Å². The zero-order chi connectivity index (χ0) is 21.0. The second kappa shape index (κ2) is 9.89. The molecule has 8 heteroatoms. The van der Waals surface area contributed by atoms with Crippen molar-refractivity contribution in [2.75, 3.05) is 6.54 Å². The zero-order valence-electron chi connectivity index (χ0n) is 17.2. The maximum absolute atomic E-state index is 13.0. The van der Waals surface area contributed by atoms with Crippen LogP contribution in [-0.2, 0) is 14.4 Å². The number of likely N-dealkylation sites (tertiary alicyclic amines) is 1. The monoisotopic (exact) mass is 408 g/mol. The van der Waals surface area contributed by atoms with Gasteiger partial charge in [0.2, 0.25) is 17.7 Å². The highest BCUT2D eigenvalue weighted by Gasteiger charge is 2.40. The van der Waals surface area contributed by atoms with Gasteiger partial charge in [0.05, 0.1) is 12.1 Å². The fourth-order valence-corrected chi connectivity index (χ4v) is 5.02. The number of primary amides is 1. The first-order chi connectivity index (χ1) is 13.9. The Hall–Kier alpha value is -1.67. The van der Waals surface area contributed by atoms with Gasteiger partial charge in [0.15, 0.2) is 6.10 Å². The van der Waals surface area contributed by atoms with Crippen LogP contribution in [0.25, 0.3) is 0 Å². The average Bonchev–Trinajstić information content (AvgIpc) is 3.18. The van der Waals surface area contributed by atoms with Gasteiger partial charge in [-0.3, -0.25) is 14.4 Å². The SMILES string of the molecule is NC(=O)C(O)C(CC1CCC1)NC(=O)C1CCCN1C(=O)[C@@H](N)C1CCCCC1. The van der Waals surface area contributed by atoms with Gasteiger partial charge >= 0.3 is 0 Å². The predicted molar refractivity (Wildman–Crippen MR) is 108 cm³/mol. The van der Waals surface area contributed by atoms with Crippen molar-refractivity contribution in [1.29, 1.82) is 0 Å². The van der Waals surface area contributed by atoms with Gasteiger partial charge in [0.1, 0.15) is 6.04 Å². The van der Waals surface area contributed by atoms with Crippen LogP contribution in [0.5, 0.6) is 0 Å². The van der Waals surface area contributed by atoms with Crippen LogP contribution in [0.15, 0.2) is 0 Å². The molecule has 3 rings (SSSR count). The Morgan fingerprint density at radius 3 is 2.28 bits per heavy atom. The number of aliphatic hydroxyl groups is 1. The van der Waals surface area contributed by atoms with Crippen LogP contribution < -0.4 is 16.8 Å². The van der Waals surface area contributed by atoms with Gasteiger partial charge in [-0.2, -0.15) is 0 Å². The van der Waals surface area contributed by atoms with E-state index in [4.69, 9.17) is 11.5 Å². The van der Waals surface area contributed by atoms with Crippen molar-refractivity contribution >= 4 is 17.7 Å². The Kier molecular flexibility index (Phi) is 7.51. The lowest BCUT2D eigenvalue weighted by Crippen LogP contribution is -2.57. The fraction of sp³-hybridized carbons (Fsp3) is 0.857. The maximum Gasteiger partial charge on any atom is 0.248 e. The van der Waals surface area contributed by atoms with E-state index >= 15 is 0 Å². The van der Waals surface area contributed by atoms with Crippen LogP contribution in [0.1, 0.15) is 70.6 Å². The molecule has 3 aliphatic rings. The van der Waals surface area contributed by atoms with E-state index in [1.807, 2.05) is 0 Å². The summed E-state index contributed by atoms with van der Waals surface area (Å²) in [4.78, 5) is 39.1. The van der Waals surface area contributed by atoms with Crippen molar-refractivity contribution in [1.82, 2.24) is 10.2 Å². The van der Waals surface area contributed by atoms with E-state index in [0.717, 1.165) is 51.4 Å². The average molecular weight is 409 g/mol. The zero-order valence-corrected chi connectivity index (χ0v) is 17.2. The molecule has 1 saturated heterocycles. The predicted octanol–water partition coefficient (Wildman–Crippen LogP) is 0.406. The van der Waals surface area contributed by atoms with Gasteiger partial charge in [-0.15, -0.1) is 0 Å². The van der Waals surface area contributed by atoms with Gasteiger partial charge in [-0.25, -0.2) is 0 Å². The van der Waals surface area contributed by atoms with E-state index < -0.39 is 30.1 Å². The summed E-state index contributed by atoms with van der Waals surface area (Å²) < 4.78 is 0. The quantitative estimate of drug-likeness (QED) is 0.461. The number of hydrogen-bond acceptors (Lipinski definition) is 5. The summed E-state index contributed by atoms with van der Waals surface area (Å²) >= 11 is 0. The number of aliphatic hydroxyl groups excluding tert-OH is 1. The van der Waals surface area contributed by atoms with Crippen molar-refractivity contribution < 1.29 is 19.5 Å². The van der Waals surface area contributed by atoms with Gasteiger partial charge in [0.25, 0.3) is 0 Å². The number of hydrogen-bond donors (Lipinski definition) is 4. The molecule has 0 spiro atoms. The summed E-state index contributed by atoms with van der Waals surface area (Å²) in [5, 5.41) is 13.0. The van der Waals surface area contributed by atoms with Gasteiger partial charge < -0.3 is 26.8 Å². The molecule has 3 amide bonds. The molecular formula is C21H36N4O4. The molecule has 1 heterocycles. The number of carbonyl (C=O) groups excluding carboxylic acids is 3. The highest BCUT2D eigenvalue weighted by atomic mass is 16.3. The summed E-state index contributed by atoms with van der Waals surface area (Å²) in [7, 11) is 0. The highest BCUT2D eigenvalue weighted by molar-refractivity contribution is 5.91. The molecule has 6 N–H and O–H groups in total. The first-order valence-corrected chi connectivity index (χ1v) is 11.2. The minimum Gasteiger partial charge on any atom is -0.381 e. The largest absolute Gasteiger partial charge is 0.381 e. The molecule has 3 unspecified atom stereocenters. The van der Waals surface area contributed by atoms with Crippen LogP contribution in [0.3, 0.4) is 0 Å². The van der Waals surface area contributed by atoms with E-state index in [9.17, 15) is 19.5 Å². The third kappa shape index (κ3) is 5.28. The Labute approximate surface area is 172 Å². The highest BCUT2D eigenvalue weighted by Crippen LogP contribution is 2.32. The van der Waals surface area contributed by atoms with Crippen LogP contribution in [0, 0.1) is 11.8 Å². The van der Waals surface area contributed by atoms with Crippen molar-refractivity contribution in [2.45, 2.75) is 94.9 Å². The Bertz CT molecular complexity index is 603. The van der Waals surface area contributed by atoms with Gasteiger partial charge in [-0.1, -0.05) is 38.5 Å². The molecule has 2 aliphatic carbocycles. The molecule has 0 radical (unpaired) electrons. The first-order valence-electron chi connectivity index (χ1n) is 11.2. The van der Waals surface area contributed by atoms with Crippen LogP contribution in [0.4, 0.5) is 0 Å². The minimum atomic E-state index is -1.42. The van der Waals surface area contributed by atoms with E-state index in [1.165, 1.54) is 6.42 Å². The Morgan fingerprint density at radius 1 is 1.00 bits per heavy atom. The molecule has 164 valence electrons. The van der Waals surface area contributed by atoms with Crippen molar-refractivity contribution in [3.63, 3.8) is 0 Å². The number of amides is 3. The van der Waals surface area contributed by atoms with E-state index in [2.05, 4.69) is 5.32 Å². The molecule has 4 atom stereocenters. The summed E-state index contributed by atoms with van der Waals surface area (Å²) in [6.45, 7) is 0.517. The van der Waals surface area contributed by atoms with Crippen molar-refractivity contribution in [2.24, 2.45) is 23.3 Å². The minimum absolute atomic E-state index is 0.152. The first kappa shape index (κ1) is 22.0. The second-order valence-corrected chi connectivity index (χ2v) is 9.11. The molecule has 0 aromatic carbocycles. The molecular weight excluding hydrogens is 372 g/mol. The van der Waals surface area contributed by atoms with Crippen LogP contribution >= 0.6 is 0 Å². The molecule has 3 fully saturated rings. The summed E-state index contributed by atoms with van der Waals surface area (Å²) in [6, 6.07) is -1.87.